The molecule has 1 aromatic carbocycles. The summed E-state index contributed by atoms with van der Waals surface area (Å²) in [5, 5.41) is 9.13. The number of carbonyl (C=O) groups is 2. The molecule has 2 rings (SSSR count). The first-order valence-electron chi connectivity index (χ1n) is 5.94. The fraction of sp³-hybridized carbons (Fsp3) is 0.385. The van der Waals surface area contributed by atoms with Gasteiger partial charge in [0.2, 0.25) is 0 Å². The van der Waals surface area contributed by atoms with Gasteiger partial charge in [0.15, 0.2) is 0 Å². The predicted molar refractivity (Wildman–Crippen MR) is 62.9 cm³/mol. The van der Waals surface area contributed by atoms with E-state index in [-0.39, 0.29) is 6.54 Å². The fourth-order valence-corrected chi connectivity index (χ4v) is 2.44. The summed E-state index contributed by atoms with van der Waals surface area (Å²) >= 11 is 0. The van der Waals surface area contributed by atoms with E-state index in [1.54, 1.807) is 30.3 Å². The second-order valence-corrected chi connectivity index (χ2v) is 4.67. The topological polar surface area (TPSA) is 57.6 Å². The Balaban J connectivity index is 2.25. The van der Waals surface area contributed by atoms with E-state index < -0.39 is 36.4 Å². The standard InChI is InChI=1S/C13H12F3NO3/c14-13(15,16)12(20)17-6-9(10(7-17)11(18)19)8-4-2-1-3-5-8/h1-5,9-10H,6-7H2,(H,18,19)/t9-,10-/m1/s1. The zero-order valence-corrected chi connectivity index (χ0v) is 10.3. The first kappa shape index (κ1) is 14.4. The summed E-state index contributed by atoms with van der Waals surface area (Å²) < 4.78 is 37.3. The second-order valence-electron chi connectivity index (χ2n) is 4.67. The number of hydrogen-bond acceptors (Lipinski definition) is 2. The average molecular weight is 287 g/mol. The van der Waals surface area contributed by atoms with E-state index in [0.29, 0.717) is 10.5 Å². The number of halogens is 3. The normalized spacial score (nSPS) is 22.9. The minimum atomic E-state index is -4.98. The molecule has 7 heteroatoms. The van der Waals surface area contributed by atoms with Gasteiger partial charge in [-0.3, -0.25) is 9.59 Å². The average Bonchev–Trinajstić information content (AvgIpc) is 2.82. The molecule has 1 aromatic rings. The van der Waals surface area contributed by atoms with Gasteiger partial charge >= 0.3 is 18.1 Å². The number of alkyl halides is 3. The number of likely N-dealkylation sites (tertiary alicyclic amines) is 1. The summed E-state index contributed by atoms with van der Waals surface area (Å²) in [7, 11) is 0. The van der Waals surface area contributed by atoms with Gasteiger partial charge in [0.25, 0.3) is 0 Å². The molecule has 0 bridgehead atoms. The van der Waals surface area contributed by atoms with Gasteiger partial charge in [0.05, 0.1) is 5.92 Å². The molecular weight excluding hydrogens is 275 g/mol. The highest BCUT2D eigenvalue weighted by molar-refractivity contribution is 5.83. The van der Waals surface area contributed by atoms with Crippen LogP contribution >= 0.6 is 0 Å². The molecule has 108 valence electrons. The minimum absolute atomic E-state index is 0.237. The van der Waals surface area contributed by atoms with Gasteiger partial charge in [-0.25, -0.2) is 0 Å². The van der Waals surface area contributed by atoms with Crippen molar-refractivity contribution in [1.82, 2.24) is 4.90 Å². The number of nitrogens with zero attached hydrogens (tertiary/aromatic N) is 1. The van der Waals surface area contributed by atoms with E-state index in [0.717, 1.165) is 0 Å². The van der Waals surface area contributed by atoms with Crippen LogP contribution in [0.5, 0.6) is 0 Å². The molecule has 1 saturated heterocycles. The van der Waals surface area contributed by atoms with Crippen LogP contribution in [0, 0.1) is 5.92 Å². The Morgan fingerprint density at radius 3 is 2.25 bits per heavy atom. The highest BCUT2D eigenvalue weighted by atomic mass is 19.4. The number of amides is 1. The van der Waals surface area contributed by atoms with Crippen molar-refractivity contribution in [1.29, 1.82) is 0 Å². The van der Waals surface area contributed by atoms with Crippen LogP contribution in [0.3, 0.4) is 0 Å². The van der Waals surface area contributed by atoms with Gasteiger partial charge in [0, 0.05) is 19.0 Å². The highest BCUT2D eigenvalue weighted by Crippen LogP contribution is 2.34. The largest absolute Gasteiger partial charge is 0.481 e. The summed E-state index contributed by atoms with van der Waals surface area (Å²) in [4.78, 5) is 23.0. The highest BCUT2D eigenvalue weighted by Gasteiger charge is 2.48. The lowest BCUT2D eigenvalue weighted by Gasteiger charge is -2.17. The zero-order valence-electron chi connectivity index (χ0n) is 10.3. The molecule has 4 nitrogen and oxygen atoms in total. The number of carboxylic acids is 1. The van der Waals surface area contributed by atoms with Crippen molar-refractivity contribution in [3.8, 4) is 0 Å². The minimum Gasteiger partial charge on any atom is -0.481 e. The first-order valence-corrected chi connectivity index (χ1v) is 5.94. The van der Waals surface area contributed by atoms with Crippen LogP contribution in [0.1, 0.15) is 11.5 Å². The molecule has 1 N–H and O–H groups in total. The molecule has 1 amide bonds. The maximum atomic E-state index is 12.4. The summed E-state index contributed by atoms with van der Waals surface area (Å²) in [6.07, 6.45) is -4.98. The first-order chi connectivity index (χ1) is 9.30. The summed E-state index contributed by atoms with van der Waals surface area (Å²) in [6.45, 7) is -0.660. The van der Waals surface area contributed by atoms with Crippen LogP contribution in [0.15, 0.2) is 30.3 Å². The van der Waals surface area contributed by atoms with Crippen molar-refractivity contribution in [3.63, 3.8) is 0 Å². The molecule has 2 atom stereocenters. The quantitative estimate of drug-likeness (QED) is 0.903. The summed E-state index contributed by atoms with van der Waals surface area (Å²) in [5.74, 6) is -4.83. The third kappa shape index (κ3) is 2.76. The van der Waals surface area contributed by atoms with Crippen LogP contribution in [-0.4, -0.2) is 41.1 Å². The van der Waals surface area contributed by atoms with E-state index in [9.17, 15) is 22.8 Å². The van der Waals surface area contributed by atoms with Crippen molar-refractivity contribution in [2.24, 2.45) is 5.92 Å². The van der Waals surface area contributed by atoms with Crippen molar-refractivity contribution in [2.75, 3.05) is 13.1 Å². The number of carbonyl (C=O) groups excluding carboxylic acids is 1. The molecule has 0 aliphatic carbocycles. The van der Waals surface area contributed by atoms with E-state index in [2.05, 4.69) is 0 Å². The Hall–Kier alpha value is -2.05. The van der Waals surface area contributed by atoms with Crippen LogP contribution in [0.25, 0.3) is 0 Å². The van der Waals surface area contributed by atoms with E-state index >= 15 is 0 Å². The Labute approximate surface area is 112 Å². The third-order valence-electron chi connectivity index (χ3n) is 3.39. The molecule has 1 fully saturated rings. The van der Waals surface area contributed by atoms with Crippen molar-refractivity contribution in [3.05, 3.63) is 35.9 Å². The van der Waals surface area contributed by atoms with E-state index in [1.807, 2.05) is 0 Å². The molecule has 1 aliphatic heterocycles. The van der Waals surface area contributed by atoms with Gasteiger partial charge in [-0.2, -0.15) is 13.2 Å². The Morgan fingerprint density at radius 1 is 1.15 bits per heavy atom. The van der Waals surface area contributed by atoms with Gasteiger partial charge in [-0.15, -0.1) is 0 Å². The Bertz CT molecular complexity index is 515. The Kier molecular flexibility index (Phi) is 3.69. The van der Waals surface area contributed by atoms with Crippen molar-refractivity contribution < 1.29 is 27.9 Å². The molecule has 0 spiro atoms. The maximum Gasteiger partial charge on any atom is 0.471 e. The number of hydrogen-bond donors (Lipinski definition) is 1. The maximum absolute atomic E-state index is 12.4. The predicted octanol–water partition coefficient (Wildman–Crippen LogP) is 1.88. The number of rotatable bonds is 2. The van der Waals surface area contributed by atoms with Crippen molar-refractivity contribution >= 4 is 11.9 Å². The molecule has 1 aliphatic rings. The number of carboxylic acid groups (broad SMARTS) is 1. The van der Waals surface area contributed by atoms with Gasteiger partial charge in [-0.05, 0) is 5.56 Å². The molecule has 0 unspecified atom stereocenters. The summed E-state index contributed by atoms with van der Waals surface area (Å²) in [6, 6.07) is 8.40. The molecule has 0 aromatic heterocycles. The molecular formula is C13H12F3NO3. The SMILES string of the molecule is O=C(O)[C@@H]1CN(C(=O)C(F)(F)F)C[C@@H]1c1ccccc1. The smallest absolute Gasteiger partial charge is 0.471 e. The molecule has 20 heavy (non-hydrogen) atoms. The molecule has 0 saturated carbocycles. The van der Waals surface area contributed by atoms with Crippen LogP contribution in [-0.2, 0) is 9.59 Å². The lowest BCUT2D eigenvalue weighted by atomic mass is 9.89. The summed E-state index contributed by atoms with van der Waals surface area (Å²) in [5.41, 5.74) is 0.623. The van der Waals surface area contributed by atoms with Gasteiger partial charge < -0.3 is 10.0 Å². The number of benzene rings is 1. The van der Waals surface area contributed by atoms with Gasteiger partial charge in [-0.1, -0.05) is 30.3 Å². The zero-order chi connectivity index (χ0) is 14.9. The lowest BCUT2D eigenvalue weighted by Crippen LogP contribution is -2.40. The fourth-order valence-electron chi connectivity index (χ4n) is 2.44. The Morgan fingerprint density at radius 2 is 1.75 bits per heavy atom. The lowest BCUT2D eigenvalue weighted by molar-refractivity contribution is -0.184. The van der Waals surface area contributed by atoms with Crippen LogP contribution < -0.4 is 0 Å². The second kappa shape index (κ2) is 5.15. The molecule has 0 radical (unpaired) electrons. The van der Waals surface area contributed by atoms with Gasteiger partial charge in [0.1, 0.15) is 0 Å². The van der Waals surface area contributed by atoms with Crippen molar-refractivity contribution in [2.45, 2.75) is 12.1 Å². The van der Waals surface area contributed by atoms with Crippen LogP contribution in [0.2, 0.25) is 0 Å². The number of aliphatic carboxylic acids is 1. The molecule has 1 heterocycles. The van der Waals surface area contributed by atoms with E-state index in [4.69, 9.17) is 5.11 Å². The third-order valence-corrected chi connectivity index (χ3v) is 3.39. The van der Waals surface area contributed by atoms with Crippen LogP contribution in [0.4, 0.5) is 13.2 Å². The van der Waals surface area contributed by atoms with E-state index in [1.165, 1.54) is 0 Å². The monoisotopic (exact) mass is 287 g/mol.